The third-order valence-corrected chi connectivity index (χ3v) is 7.63. The van der Waals surface area contributed by atoms with Gasteiger partial charge in [0.2, 0.25) is 0 Å². The fourth-order valence-corrected chi connectivity index (χ4v) is 6.11. The average molecular weight is 369 g/mol. The molecule has 2 heteroatoms. The Morgan fingerprint density at radius 3 is 1.33 bits per heavy atom. The highest BCUT2D eigenvalue weighted by molar-refractivity contribution is 6.01. The second-order valence-corrected chi connectivity index (χ2v) is 9.43. The first-order valence-corrected chi connectivity index (χ1v) is 11.7. The van der Waals surface area contributed by atoms with Crippen LogP contribution < -0.4 is 0 Å². The van der Waals surface area contributed by atoms with Crippen LogP contribution in [-0.2, 0) is 9.59 Å². The number of carbonyl (C=O) groups excluding carboxylic acids is 2. The van der Waals surface area contributed by atoms with Gasteiger partial charge in [-0.1, -0.05) is 24.0 Å². The van der Waals surface area contributed by atoms with E-state index in [9.17, 15) is 9.59 Å². The number of ketones is 2. The molecule has 0 aromatic rings. The second-order valence-electron chi connectivity index (χ2n) is 9.43. The van der Waals surface area contributed by atoms with Crippen LogP contribution in [0.2, 0.25) is 0 Å². The predicted molar refractivity (Wildman–Crippen MR) is 110 cm³/mol. The zero-order valence-corrected chi connectivity index (χ0v) is 17.0. The van der Waals surface area contributed by atoms with Crippen LogP contribution in [0.1, 0.15) is 109 Å². The van der Waals surface area contributed by atoms with Gasteiger partial charge in [-0.15, -0.1) is 0 Å². The molecule has 0 bridgehead atoms. The largest absolute Gasteiger partial charge is 0.294 e. The molecule has 27 heavy (non-hydrogen) atoms. The Morgan fingerprint density at radius 1 is 0.519 bits per heavy atom. The lowest BCUT2D eigenvalue weighted by Crippen LogP contribution is -2.30. The molecule has 0 aromatic carbocycles. The third kappa shape index (κ3) is 4.30. The monoisotopic (exact) mass is 368 g/mol. The Kier molecular flexibility index (Phi) is 6.30. The van der Waals surface area contributed by atoms with Crippen molar-refractivity contribution < 1.29 is 9.59 Å². The molecule has 0 unspecified atom stereocenters. The Balaban J connectivity index is 1.46. The maximum atomic E-state index is 13.2. The normalized spacial score (nSPS) is 30.8. The third-order valence-electron chi connectivity index (χ3n) is 7.63. The van der Waals surface area contributed by atoms with Gasteiger partial charge in [0.05, 0.1) is 0 Å². The number of hydrogen-bond donors (Lipinski definition) is 0. The van der Waals surface area contributed by atoms with Crippen LogP contribution in [0.4, 0.5) is 0 Å². The van der Waals surface area contributed by atoms with Gasteiger partial charge in [-0.3, -0.25) is 9.59 Å². The van der Waals surface area contributed by atoms with Gasteiger partial charge in [-0.05, 0) is 107 Å². The van der Waals surface area contributed by atoms with Crippen LogP contribution >= 0.6 is 0 Å². The molecule has 0 saturated heterocycles. The molecule has 0 amide bonds. The lowest BCUT2D eigenvalue weighted by molar-refractivity contribution is -0.124. The van der Waals surface area contributed by atoms with Gasteiger partial charge in [0.15, 0.2) is 11.6 Å². The highest BCUT2D eigenvalue weighted by Gasteiger charge is 2.35. The van der Waals surface area contributed by atoms with Gasteiger partial charge in [-0.2, -0.15) is 0 Å². The molecule has 4 aliphatic rings. The van der Waals surface area contributed by atoms with E-state index in [1.165, 1.54) is 60.8 Å². The van der Waals surface area contributed by atoms with E-state index in [2.05, 4.69) is 0 Å². The lowest BCUT2D eigenvalue weighted by Gasteiger charge is -2.32. The Bertz CT molecular complexity index is 579. The summed E-state index contributed by atoms with van der Waals surface area (Å²) in [6.07, 6.45) is 19.4. The Hall–Kier alpha value is -1.18. The van der Waals surface area contributed by atoms with E-state index < -0.39 is 0 Å². The van der Waals surface area contributed by atoms with Crippen LogP contribution in [0, 0.1) is 11.8 Å². The Labute approximate surface area is 164 Å². The van der Waals surface area contributed by atoms with Crippen molar-refractivity contribution in [2.45, 2.75) is 109 Å². The van der Waals surface area contributed by atoms with Crippen molar-refractivity contribution in [3.63, 3.8) is 0 Å². The van der Waals surface area contributed by atoms with Gasteiger partial charge in [0.1, 0.15) is 0 Å². The van der Waals surface area contributed by atoms with Gasteiger partial charge in [0.25, 0.3) is 0 Å². The van der Waals surface area contributed by atoms with E-state index in [-0.39, 0.29) is 11.8 Å². The zero-order valence-electron chi connectivity index (χ0n) is 17.0. The van der Waals surface area contributed by atoms with E-state index in [0.717, 1.165) is 70.6 Å². The van der Waals surface area contributed by atoms with Gasteiger partial charge in [-0.25, -0.2) is 0 Å². The van der Waals surface area contributed by atoms with Crippen molar-refractivity contribution in [2.75, 3.05) is 0 Å². The van der Waals surface area contributed by atoms with Crippen molar-refractivity contribution in [3.05, 3.63) is 22.3 Å². The van der Waals surface area contributed by atoms with Crippen LogP contribution in [-0.4, -0.2) is 11.6 Å². The van der Waals surface area contributed by atoms with Crippen LogP contribution in [0.3, 0.4) is 0 Å². The SMILES string of the molecule is O=C1C(=C2CCCCC2)CCC[C@@H]1C[C@H]1CCCC(=C2CCCCC2)C1=O. The molecule has 0 N–H and O–H groups in total. The smallest absolute Gasteiger partial charge is 0.161 e. The molecule has 4 aliphatic carbocycles. The van der Waals surface area contributed by atoms with Crippen molar-refractivity contribution in [1.82, 2.24) is 0 Å². The van der Waals surface area contributed by atoms with E-state index in [0.29, 0.717) is 11.6 Å². The molecule has 4 saturated carbocycles. The first kappa shape index (κ1) is 19.2. The maximum absolute atomic E-state index is 13.2. The zero-order chi connectivity index (χ0) is 18.6. The topological polar surface area (TPSA) is 34.1 Å². The molecule has 2 nitrogen and oxygen atoms in total. The maximum Gasteiger partial charge on any atom is 0.161 e. The molecule has 4 rings (SSSR count). The molecule has 0 aromatic heterocycles. The minimum atomic E-state index is 0.118. The average Bonchev–Trinajstić information content (AvgIpc) is 2.72. The number of Topliss-reactive ketones (excluding diaryl/α,β-unsaturated/α-hetero) is 2. The van der Waals surface area contributed by atoms with Crippen molar-refractivity contribution in [2.24, 2.45) is 11.8 Å². The summed E-state index contributed by atoms with van der Waals surface area (Å²) in [6.45, 7) is 0. The van der Waals surface area contributed by atoms with Gasteiger partial charge < -0.3 is 0 Å². The summed E-state index contributed by atoms with van der Waals surface area (Å²) in [5.41, 5.74) is 5.30. The summed E-state index contributed by atoms with van der Waals surface area (Å²) in [7, 11) is 0. The molecule has 0 radical (unpaired) electrons. The van der Waals surface area contributed by atoms with E-state index in [1.807, 2.05) is 0 Å². The van der Waals surface area contributed by atoms with Crippen LogP contribution in [0.5, 0.6) is 0 Å². The number of rotatable bonds is 2. The predicted octanol–water partition coefficient (Wildman–Crippen LogP) is 6.64. The molecule has 2 atom stereocenters. The molecule has 0 heterocycles. The molecule has 4 fully saturated rings. The first-order valence-electron chi connectivity index (χ1n) is 11.7. The molecule has 0 aliphatic heterocycles. The minimum absolute atomic E-state index is 0.118. The van der Waals surface area contributed by atoms with Crippen LogP contribution in [0.15, 0.2) is 22.3 Å². The molecule has 0 spiro atoms. The summed E-state index contributed by atoms with van der Waals surface area (Å²) in [5, 5.41) is 0. The second kappa shape index (κ2) is 8.88. The first-order chi connectivity index (χ1) is 13.2. The fraction of sp³-hybridized carbons (Fsp3) is 0.760. The molecule has 148 valence electrons. The summed E-state index contributed by atoms with van der Waals surface area (Å²) < 4.78 is 0. The fourth-order valence-electron chi connectivity index (χ4n) is 6.11. The summed E-state index contributed by atoms with van der Waals surface area (Å²) in [6, 6.07) is 0. The van der Waals surface area contributed by atoms with Gasteiger partial charge in [0, 0.05) is 11.8 Å². The van der Waals surface area contributed by atoms with E-state index in [1.54, 1.807) is 0 Å². The van der Waals surface area contributed by atoms with E-state index >= 15 is 0 Å². The summed E-state index contributed by atoms with van der Waals surface area (Å²) in [5.74, 6) is 1.08. The summed E-state index contributed by atoms with van der Waals surface area (Å²) in [4.78, 5) is 26.4. The quantitative estimate of drug-likeness (QED) is 0.512. The highest BCUT2D eigenvalue weighted by Crippen LogP contribution is 2.40. The standard InChI is InChI=1S/C25H36O2/c26-24-20(13-7-15-22(24)18-9-3-1-4-10-18)17-21-14-8-16-23(25(21)27)19-11-5-2-6-12-19/h20-21H,1-17H2/t20-,21-/m1/s1. The number of hydrogen-bond acceptors (Lipinski definition) is 2. The van der Waals surface area contributed by atoms with Crippen molar-refractivity contribution >= 4 is 11.6 Å². The van der Waals surface area contributed by atoms with E-state index in [4.69, 9.17) is 0 Å². The highest BCUT2D eigenvalue weighted by atomic mass is 16.1. The number of allylic oxidation sites excluding steroid dienone is 4. The van der Waals surface area contributed by atoms with Crippen molar-refractivity contribution in [1.29, 1.82) is 0 Å². The number of carbonyl (C=O) groups is 2. The van der Waals surface area contributed by atoms with Crippen molar-refractivity contribution in [3.8, 4) is 0 Å². The molecular formula is C25H36O2. The van der Waals surface area contributed by atoms with Gasteiger partial charge >= 0.3 is 0 Å². The summed E-state index contributed by atoms with van der Waals surface area (Å²) >= 11 is 0. The lowest BCUT2D eigenvalue weighted by atomic mass is 9.71. The minimum Gasteiger partial charge on any atom is -0.294 e. The molecular weight excluding hydrogens is 332 g/mol. The Morgan fingerprint density at radius 2 is 0.926 bits per heavy atom. The van der Waals surface area contributed by atoms with Crippen LogP contribution in [0.25, 0.3) is 0 Å².